The van der Waals surface area contributed by atoms with Crippen LogP contribution in [0.5, 0.6) is 0 Å². The van der Waals surface area contributed by atoms with E-state index < -0.39 is 24.2 Å². The zero-order valence-electron chi connectivity index (χ0n) is 12.2. The van der Waals surface area contributed by atoms with Gasteiger partial charge in [0, 0.05) is 20.4 Å². The molecular formula is C12H20N5O4-. The van der Waals surface area contributed by atoms with E-state index in [0.29, 0.717) is 18.2 Å². The molecule has 0 aromatic carbocycles. The van der Waals surface area contributed by atoms with Gasteiger partial charge in [-0.3, -0.25) is 4.99 Å². The number of nitrogens with two attached hydrogens (primary N) is 1. The van der Waals surface area contributed by atoms with E-state index in [2.05, 4.69) is 10.3 Å². The highest BCUT2D eigenvalue weighted by Gasteiger charge is 2.51. The quantitative estimate of drug-likeness (QED) is 0.496. The Morgan fingerprint density at radius 2 is 2.33 bits per heavy atom. The smallest absolute Gasteiger partial charge is 0.193 e. The number of aliphatic imine (C=N–C) groups is 1. The molecule has 4 atom stereocenters. The average molecular weight is 298 g/mol. The molecule has 21 heavy (non-hydrogen) atoms. The van der Waals surface area contributed by atoms with E-state index in [0.717, 1.165) is 0 Å². The molecule has 3 aliphatic rings. The number of rotatable bonds is 2. The van der Waals surface area contributed by atoms with Crippen molar-refractivity contribution in [1.29, 1.82) is 0 Å². The predicted octanol–water partition coefficient (Wildman–Crippen LogP) is -2.91. The summed E-state index contributed by atoms with van der Waals surface area (Å²) in [6.07, 6.45) is -2.74. The third-order valence-electron chi connectivity index (χ3n) is 4.25. The molecule has 3 unspecified atom stereocenters. The van der Waals surface area contributed by atoms with Crippen molar-refractivity contribution in [1.82, 2.24) is 15.1 Å². The molecule has 0 amide bonds. The van der Waals surface area contributed by atoms with E-state index >= 15 is 0 Å². The molecule has 0 aromatic rings. The van der Waals surface area contributed by atoms with Crippen molar-refractivity contribution in [3.63, 3.8) is 0 Å². The van der Waals surface area contributed by atoms with E-state index in [1.807, 2.05) is 0 Å². The zero-order valence-corrected chi connectivity index (χ0v) is 12.2. The van der Waals surface area contributed by atoms with Crippen LogP contribution >= 0.6 is 0 Å². The minimum Gasteiger partial charge on any atom is -0.830 e. The first kappa shape index (κ1) is 14.4. The Morgan fingerprint density at radius 1 is 1.62 bits per heavy atom. The van der Waals surface area contributed by atoms with E-state index in [9.17, 15) is 10.2 Å². The summed E-state index contributed by atoms with van der Waals surface area (Å²) in [7, 11) is 3.32. The second-order valence-electron chi connectivity index (χ2n) is 5.70. The SMILES string of the molecule is COC1(C)CO[C@H](N2CN(C)C3=C2NC(N)=NC3[O-])C1O. The standard InChI is InChI=1S/C12H20N5O4/c1-12(20-3)4-21-10(7(12)18)17-5-16(2)6-8(17)14-11(13)15-9(6)19/h7,9-10,18H,4-5H2,1-3H3,(H3,13,14,15)/q-1/t7?,9?,10-,12?/m0/s1. The maximum atomic E-state index is 12.0. The van der Waals surface area contributed by atoms with Gasteiger partial charge in [0.2, 0.25) is 0 Å². The highest BCUT2D eigenvalue weighted by atomic mass is 16.6. The normalized spacial score (nSPS) is 39.5. The van der Waals surface area contributed by atoms with Crippen molar-refractivity contribution in [2.75, 3.05) is 27.4 Å². The molecule has 3 heterocycles. The van der Waals surface area contributed by atoms with Gasteiger partial charge in [-0.1, -0.05) is 0 Å². The molecule has 0 spiro atoms. The fourth-order valence-electron chi connectivity index (χ4n) is 2.86. The molecule has 1 saturated heterocycles. The molecule has 0 saturated carbocycles. The van der Waals surface area contributed by atoms with Crippen LogP contribution in [-0.2, 0) is 9.47 Å². The molecule has 3 rings (SSSR count). The summed E-state index contributed by atoms with van der Waals surface area (Å²) in [6, 6.07) is 0. The monoisotopic (exact) mass is 298 g/mol. The number of hydrogen-bond donors (Lipinski definition) is 3. The van der Waals surface area contributed by atoms with Crippen molar-refractivity contribution in [2.24, 2.45) is 10.7 Å². The van der Waals surface area contributed by atoms with Gasteiger partial charge in [0.15, 0.2) is 12.2 Å². The third-order valence-corrected chi connectivity index (χ3v) is 4.25. The van der Waals surface area contributed by atoms with Gasteiger partial charge in [0.05, 0.1) is 19.0 Å². The predicted molar refractivity (Wildman–Crippen MR) is 71.2 cm³/mol. The maximum absolute atomic E-state index is 12.0. The molecule has 1 fully saturated rings. The number of nitrogens with zero attached hydrogens (tertiary/aromatic N) is 3. The first-order valence-corrected chi connectivity index (χ1v) is 6.70. The van der Waals surface area contributed by atoms with Crippen LogP contribution in [0.3, 0.4) is 0 Å². The number of guanidine groups is 1. The van der Waals surface area contributed by atoms with Crippen molar-refractivity contribution in [3.8, 4) is 0 Å². The summed E-state index contributed by atoms with van der Waals surface area (Å²) in [4.78, 5) is 7.32. The summed E-state index contributed by atoms with van der Waals surface area (Å²) in [6.45, 7) is 2.45. The van der Waals surface area contributed by atoms with Gasteiger partial charge in [-0.2, -0.15) is 0 Å². The third kappa shape index (κ3) is 2.04. The molecular weight excluding hydrogens is 278 g/mol. The van der Waals surface area contributed by atoms with Crippen LogP contribution in [0.4, 0.5) is 0 Å². The van der Waals surface area contributed by atoms with Gasteiger partial charge in [-0.25, -0.2) is 0 Å². The van der Waals surface area contributed by atoms with Gasteiger partial charge in [0.25, 0.3) is 0 Å². The van der Waals surface area contributed by atoms with E-state index in [-0.39, 0.29) is 12.6 Å². The molecule has 0 aromatic heterocycles. The van der Waals surface area contributed by atoms with E-state index in [4.69, 9.17) is 15.2 Å². The molecule has 0 radical (unpaired) electrons. The number of likely N-dealkylation sites (N-methyl/N-ethyl adjacent to an activating group) is 1. The molecule has 0 bridgehead atoms. The van der Waals surface area contributed by atoms with Crippen molar-refractivity contribution >= 4 is 5.96 Å². The Balaban J connectivity index is 1.88. The van der Waals surface area contributed by atoms with Crippen LogP contribution in [0, 0.1) is 0 Å². The lowest BCUT2D eigenvalue weighted by Crippen LogP contribution is -2.52. The van der Waals surface area contributed by atoms with Gasteiger partial charge in [-0.15, -0.1) is 0 Å². The first-order chi connectivity index (χ1) is 9.87. The Kier molecular flexibility index (Phi) is 3.24. The maximum Gasteiger partial charge on any atom is 0.193 e. The molecule has 9 nitrogen and oxygen atoms in total. The average Bonchev–Trinajstić information content (AvgIpc) is 2.89. The lowest BCUT2D eigenvalue weighted by Gasteiger charge is -2.33. The van der Waals surface area contributed by atoms with Crippen molar-refractivity contribution in [3.05, 3.63) is 11.5 Å². The van der Waals surface area contributed by atoms with E-state index in [1.165, 1.54) is 7.11 Å². The van der Waals surface area contributed by atoms with Gasteiger partial charge in [-0.05, 0) is 6.92 Å². The minimum atomic E-state index is -1.27. The van der Waals surface area contributed by atoms with Crippen molar-refractivity contribution < 1.29 is 19.7 Å². The van der Waals surface area contributed by atoms with Crippen LogP contribution in [0.25, 0.3) is 0 Å². The first-order valence-electron chi connectivity index (χ1n) is 6.70. The van der Waals surface area contributed by atoms with Gasteiger partial charge >= 0.3 is 0 Å². The Morgan fingerprint density at radius 3 is 2.95 bits per heavy atom. The number of hydrogen-bond acceptors (Lipinski definition) is 9. The molecule has 3 aliphatic heterocycles. The Labute approximate surface area is 122 Å². The van der Waals surface area contributed by atoms with Crippen LogP contribution in [-0.4, -0.2) is 72.5 Å². The topological polar surface area (TPSA) is 119 Å². The fraction of sp³-hybridized carbons (Fsp3) is 0.750. The summed E-state index contributed by atoms with van der Waals surface area (Å²) in [5.74, 6) is 0.602. The highest BCUT2D eigenvalue weighted by molar-refractivity contribution is 5.81. The van der Waals surface area contributed by atoms with Gasteiger partial charge in [0.1, 0.15) is 17.5 Å². The number of aliphatic hydroxyl groups excluding tert-OH is 1. The van der Waals surface area contributed by atoms with Crippen LogP contribution in [0.1, 0.15) is 6.92 Å². The number of ether oxygens (including phenoxy) is 2. The molecule has 4 N–H and O–H groups in total. The van der Waals surface area contributed by atoms with E-state index in [1.54, 1.807) is 23.8 Å². The van der Waals surface area contributed by atoms with Crippen molar-refractivity contribution in [2.45, 2.75) is 31.1 Å². The number of nitrogens with one attached hydrogen (secondary N) is 1. The summed E-state index contributed by atoms with van der Waals surface area (Å²) in [5, 5.41) is 25.4. The molecule has 118 valence electrons. The summed E-state index contributed by atoms with van der Waals surface area (Å²) >= 11 is 0. The minimum absolute atomic E-state index is 0.0658. The highest BCUT2D eigenvalue weighted by Crippen LogP contribution is 2.35. The largest absolute Gasteiger partial charge is 0.830 e. The lowest BCUT2D eigenvalue weighted by molar-refractivity contribution is -0.407. The van der Waals surface area contributed by atoms with Gasteiger partial charge < -0.3 is 40.5 Å². The summed E-state index contributed by atoms with van der Waals surface area (Å²) in [5.41, 5.74) is 5.34. The van der Waals surface area contributed by atoms with Crippen LogP contribution in [0.2, 0.25) is 0 Å². The lowest BCUT2D eigenvalue weighted by atomic mass is 10.0. The van der Waals surface area contributed by atoms with Crippen LogP contribution in [0.15, 0.2) is 16.5 Å². The molecule has 0 aliphatic carbocycles. The second-order valence-corrected chi connectivity index (χ2v) is 5.70. The number of aliphatic hydroxyl groups is 1. The molecule has 9 heteroatoms. The zero-order chi connectivity index (χ0) is 15.4. The summed E-state index contributed by atoms with van der Waals surface area (Å²) < 4.78 is 11.0. The second kappa shape index (κ2) is 4.73. The number of methoxy groups -OCH3 is 1. The van der Waals surface area contributed by atoms with Crippen LogP contribution < -0.4 is 16.2 Å². The Hall–Kier alpha value is -1.55. The Bertz CT molecular complexity index is 510. The fourth-order valence-corrected chi connectivity index (χ4v) is 2.86.